The number of hydrogen-bond donors (Lipinski definition) is 2. The van der Waals surface area contributed by atoms with E-state index < -0.39 is 0 Å². The summed E-state index contributed by atoms with van der Waals surface area (Å²) in [5.41, 5.74) is 6.03. The predicted octanol–water partition coefficient (Wildman–Crippen LogP) is 8.63. The third-order valence-corrected chi connectivity index (χ3v) is 9.88. The SMILES string of the molecule is C1=NCc2c1ccc1c2ccc2ccc(C3NC(c4ccccc4)=NC(c4cccc5c4sc4ccccc45)N3)cc21. The Balaban J connectivity index is 1.19. The normalized spacial score (nSPS) is 18.0. The Morgan fingerprint density at radius 3 is 2.48 bits per heavy atom. The molecular weight excluding hydrogens is 533 g/mol. The van der Waals surface area contributed by atoms with E-state index in [9.17, 15) is 0 Å². The van der Waals surface area contributed by atoms with Gasteiger partial charge in [0.25, 0.3) is 0 Å². The van der Waals surface area contributed by atoms with Crippen molar-refractivity contribution in [2.75, 3.05) is 0 Å². The Kier molecular flexibility index (Phi) is 5.30. The lowest BCUT2D eigenvalue weighted by molar-refractivity contribution is 0.411. The molecule has 2 aliphatic rings. The highest BCUT2D eigenvalue weighted by atomic mass is 32.1. The highest BCUT2D eigenvalue weighted by Gasteiger charge is 2.27. The highest BCUT2D eigenvalue weighted by Crippen LogP contribution is 2.40. The maximum absolute atomic E-state index is 5.26. The van der Waals surface area contributed by atoms with Crippen molar-refractivity contribution >= 4 is 65.1 Å². The van der Waals surface area contributed by atoms with Crippen LogP contribution in [0.5, 0.6) is 0 Å². The van der Waals surface area contributed by atoms with Gasteiger partial charge in [-0.2, -0.15) is 0 Å². The molecule has 0 bridgehead atoms. The van der Waals surface area contributed by atoms with Gasteiger partial charge in [-0.3, -0.25) is 10.3 Å². The van der Waals surface area contributed by atoms with Gasteiger partial charge in [-0.15, -0.1) is 11.3 Å². The zero-order chi connectivity index (χ0) is 27.6. The fourth-order valence-electron chi connectivity index (χ4n) is 6.56. The van der Waals surface area contributed by atoms with Gasteiger partial charge < -0.3 is 5.32 Å². The van der Waals surface area contributed by atoms with Gasteiger partial charge in [0, 0.05) is 37.5 Å². The summed E-state index contributed by atoms with van der Waals surface area (Å²) in [6, 6.07) is 41.5. The summed E-state index contributed by atoms with van der Waals surface area (Å²) in [7, 11) is 0. The zero-order valence-corrected chi connectivity index (χ0v) is 23.5. The Bertz CT molecular complexity index is 2250. The van der Waals surface area contributed by atoms with Crippen molar-refractivity contribution in [3.05, 3.63) is 143 Å². The number of benzene rings is 6. The Morgan fingerprint density at radius 1 is 0.690 bits per heavy atom. The van der Waals surface area contributed by atoms with Crippen molar-refractivity contribution in [2.24, 2.45) is 9.98 Å². The molecule has 5 heteroatoms. The molecule has 42 heavy (non-hydrogen) atoms. The molecule has 0 aliphatic carbocycles. The predicted molar refractivity (Wildman–Crippen MR) is 177 cm³/mol. The van der Waals surface area contributed by atoms with Gasteiger partial charge in [0.05, 0.1) is 6.54 Å². The maximum Gasteiger partial charge on any atom is 0.131 e. The molecule has 0 radical (unpaired) electrons. The fraction of sp³-hybridized carbons (Fsp3) is 0.0811. The molecule has 2 unspecified atom stereocenters. The van der Waals surface area contributed by atoms with E-state index in [2.05, 4.69) is 125 Å². The molecule has 0 amide bonds. The summed E-state index contributed by atoms with van der Waals surface area (Å²) < 4.78 is 2.59. The second-order valence-corrected chi connectivity index (χ2v) is 12.1. The molecule has 6 aromatic carbocycles. The van der Waals surface area contributed by atoms with Crippen LogP contribution in [-0.4, -0.2) is 12.1 Å². The van der Waals surface area contributed by atoms with Gasteiger partial charge >= 0.3 is 0 Å². The van der Waals surface area contributed by atoms with Gasteiger partial charge in [0.1, 0.15) is 18.2 Å². The molecule has 2 aliphatic heterocycles. The van der Waals surface area contributed by atoms with Crippen LogP contribution in [0.25, 0.3) is 41.7 Å². The minimum Gasteiger partial charge on any atom is -0.350 e. The highest BCUT2D eigenvalue weighted by molar-refractivity contribution is 7.26. The lowest BCUT2D eigenvalue weighted by Crippen LogP contribution is -2.44. The van der Waals surface area contributed by atoms with Gasteiger partial charge in [0.15, 0.2) is 0 Å². The summed E-state index contributed by atoms with van der Waals surface area (Å²) in [6.07, 6.45) is 1.67. The zero-order valence-electron chi connectivity index (χ0n) is 22.7. The van der Waals surface area contributed by atoms with Crippen LogP contribution < -0.4 is 10.6 Å². The molecule has 0 spiro atoms. The van der Waals surface area contributed by atoms with E-state index in [0.29, 0.717) is 0 Å². The summed E-state index contributed by atoms with van der Waals surface area (Å²) in [5, 5.41) is 15.3. The molecule has 9 rings (SSSR count). The Morgan fingerprint density at radius 2 is 1.52 bits per heavy atom. The molecule has 2 atom stereocenters. The molecule has 0 fully saturated rings. The molecule has 7 aromatic rings. The van der Waals surface area contributed by atoms with Crippen LogP contribution in [0.2, 0.25) is 0 Å². The van der Waals surface area contributed by atoms with Crippen LogP contribution in [0.1, 0.15) is 40.1 Å². The quantitative estimate of drug-likeness (QED) is 0.213. The van der Waals surface area contributed by atoms with Crippen LogP contribution in [0.3, 0.4) is 0 Å². The van der Waals surface area contributed by atoms with Crippen LogP contribution >= 0.6 is 11.3 Å². The number of thiophene rings is 1. The molecule has 0 saturated heterocycles. The Hall–Kier alpha value is -4.84. The van der Waals surface area contributed by atoms with Crippen LogP contribution in [-0.2, 0) is 6.54 Å². The first-order valence-corrected chi connectivity index (χ1v) is 15.2. The summed E-state index contributed by atoms with van der Waals surface area (Å²) in [5.74, 6) is 0.899. The first kappa shape index (κ1) is 23.8. The van der Waals surface area contributed by atoms with Gasteiger partial charge in [0.2, 0.25) is 0 Å². The summed E-state index contributed by atoms with van der Waals surface area (Å²) >= 11 is 1.85. The lowest BCUT2D eigenvalue weighted by Gasteiger charge is -2.32. The van der Waals surface area contributed by atoms with Gasteiger partial charge in [-0.05, 0) is 50.4 Å². The maximum atomic E-state index is 5.26. The van der Waals surface area contributed by atoms with Gasteiger partial charge in [-0.25, -0.2) is 4.99 Å². The first-order valence-electron chi connectivity index (χ1n) is 14.3. The number of amidine groups is 1. The van der Waals surface area contributed by atoms with E-state index in [-0.39, 0.29) is 12.3 Å². The minimum absolute atomic E-state index is 0.121. The molecular formula is C37H26N4S. The van der Waals surface area contributed by atoms with Crippen molar-refractivity contribution < 1.29 is 0 Å². The molecule has 200 valence electrons. The minimum atomic E-state index is -0.202. The van der Waals surface area contributed by atoms with Crippen LogP contribution in [0.15, 0.2) is 125 Å². The third-order valence-electron chi connectivity index (χ3n) is 8.64. The van der Waals surface area contributed by atoms with E-state index in [1.807, 2.05) is 23.6 Å². The first-order chi connectivity index (χ1) is 20.8. The number of hydrogen-bond acceptors (Lipinski definition) is 5. The number of rotatable bonds is 3. The monoisotopic (exact) mass is 558 g/mol. The second kappa shape index (κ2) is 9.35. The lowest BCUT2D eigenvalue weighted by atomic mass is 9.94. The summed E-state index contributed by atoms with van der Waals surface area (Å²) in [4.78, 5) is 9.78. The average Bonchev–Trinajstić information content (AvgIpc) is 3.70. The largest absolute Gasteiger partial charge is 0.350 e. The number of nitrogens with one attached hydrogen (secondary N) is 2. The van der Waals surface area contributed by atoms with Crippen molar-refractivity contribution in [3.63, 3.8) is 0 Å². The second-order valence-electron chi connectivity index (χ2n) is 11.1. The smallest absolute Gasteiger partial charge is 0.131 e. The Labute approximate surface area is 247 Å². The van der Waals surface area contributed by atoms with Crippen molar-refractivity contribution in [3.8, 4) is 0 Å². The number of aliphatic imine (C=N–C) groups is 2. The third kappa shape index (κ3) is 3.71. The van der Waals surface area contributed by atoms with Crippen LogP contribution in [0.4, 0.5) is 0 Å². The van der Waals surface area contributed by atoms with Crippen molar-refractivity contribution in [1.29, 1.82) is 0 Å². The standard InChI is InChI=1S/C37H26N4S/c1-2-7-23(8-3-1)35-39-36(41-37(40-35)30-11-6-10-29-28-9-4-5-12-33(28)42-34(29)30)24-14-13-22-15-17-27-26(31(22)19-24)18-16-25-20-38-21-32(25)27/h1-20,36-37,41H,21H2,(H,39,40). The molecule has 3 heterocycles. The summed E-state index contributed by atoms with van der Waals surface area (Å²) in [6.45, 7) is 0.755. The van der Waals surface area contributed by atoms with E-state index in [0.717, 1.165) is 17.9 Å². The van der Waals surface area contributed by atoms with Crippen LogP contribution in [0, 0.1) is 0 Å². The van der Waals surface area contributed by atoms with E-state index in [1.54, 1.807) is 0 Å². The van der Waals surface area contributed by atoms with E-state index in [4.69, 9.17) is 4.99 Å². The van der Waals surface area contributed by atoms with Gasteiger partial charge in [-0.1, -0.05) is 103 Å². The average molecular weight is 559 g/mol. The fourth-order valence-corrected chi connectivity index (χ4v) is 7.80. The molecule has 2 N–H and O–H groups in total. The van der Waals surface area contributed by atoms with Crippen molar-refractivity contribution in [2.45, 2.75) is 18.9 Å². The van der Waals surface area contributed by atoms with Crippen molar-refractivity contribution in [1.82, 2.24) is 10.6 Å². The molecule has 4 nitrogen and oxygen atoms in total. The van der Waals surface area contributed by atoms with E-state index >= 15 is 0 Å². The molecule has 0 saturated carbocycles. The number of fused-ring (bicyclic) bond motifs is 8. The number of nitrogens with zero attached hydrogens (tertiary/aromatic N) is 2. The van der Waals surface area contributed by atoms with E-state index in [1.165, 1.54) is 64.0 Å². The molecule has 1 aromatic heterocycles. The topological polar surface area (TPSA) is 48.8 Å².